The first kappa shape index (κ1) is 16.6. The number of aromatic nitrogens is 7. The number of fused-ring (bicyclic) bond motifs is 1. The molecule has 0 fully saturated rings. The smallest absolute Gasteiger partial charge is 0.235 e. The van der Waals surface area contributed by atoms with Crippen molar-refractivity contribution in [2.45, 2.75) is 20.3 Å². The van der Waals surface area contributed by atoms with Crippen molar-refractivity contribution in [2.24, 2.45) is 13.0 Å². The molecule has 0 aliphatic rings. The molecule has 0 amide bonds. The summed E-state index contributed by atoms with van der Waals surface area (Å²) >= 11 is 1.50. The van der Waals surface area contributed by atoms with Gasteiger partial charge >= 0.3 is 0 Å². The fraction of sp³-hybridized carbons (Fsp3) is 0.278. The molecule has 26 heavy (non-hydrogen) atoms. The van der Waals surface area contributed by atoms with Gasteiger partial charge in [0.1, 0.15) is 10.7 Å². The molecule has 8 heteroatoms. The van der Waals surface area contributed by atoms with Gasteiger partial charge in [-0.05, 0) is 36.1 Å². The molecule has 0 spiro atoms. The molecule has 4 rings (SSSR count). The Labute approximate surface area is 155 Å². The van der Waals surface area contributed by atoms with Gasteiger partial charge in [0.2, 0.25) is 10.8 Å². The highest BCUT2D eigenvalue weighted by molar-refractivity contribution is 7.17. The van der Waals surface area contributed by atoms with Gasteiger partial charge in [0.25, 0.3) is 0 Å². The van der Waals surface area contributed by atoms with Gasteiger partial charge in [-0.2, -0.15) is 14.7 Å². The van der Waals surface area contributed by atoms with E-state index in [0.717, 1.165) is 33.3 Å². The van der Waals surface area contributed by atoms with Crippen LogP contribution in [0.1, 0.15) is 30.1 Å². The molecule has 7 nitrogen and oxygen atoms in total. The maximum Gasteiger partial charge on any atom is 0.235 e. The number of rotatable bonds is 5. The molecule has 0 bridgehead atoms. The Kier molecular flexibility index (Phi) is 4.34. The first-order valence-corrected chi connectivity index (χ1v) is 9.25. The van der Waals surface area contributed by atoms with E-state index in [-0.39, 0.29) is 0 Å². The van der Waals surface area contributed by atoms with Gasteiger partial charge in [-0.3, -0.25) is 9.67 Å². The molecule has 0 radical (unpaired) electrons. The normalized spacial score (nSPS) is 12.0. The van der Waals surface area contributed by atoms with Crippen LogP contribution in [-0.4, -0.2) is 34.6 Å². The van der Waals surface area contributed by atoms with Crippen LogP contribution >= 0.6 is 11.3 Å². The van der Waals surface area contributed by atoms with Crippen molar-refractivity contribution in [1.82, 2.24) is 34.6 Å². The van der Waals surface area contributed by atoms with E-state index in [9.17, 15) is 0 Å². The zero-order valence-corrected chi connectivity index (χ0v) is 15.7. The zero-order valence-electron chi connectivity index (χ0n) is 14.9. The summed E-state index contributed by atoms with van der Waals surface area (Å²) in [5, 5.41) is 18.7. The molecule has 4 aromatic heterocycles. The highest BCUT2D eigenvalue weighted by Gasteiger charge is 2.17. The van der Waals surface area contributed by atoms with Gasteiger partial charge in [-0.1, -0.05) is 37.3 Å². The van der Waals surface area contributed by atoms with Gasteiger partial charge in [0.15, 0.2) is 0 Å². The SMILES string of the molecule is CC(C)Cc1cc(-c2nnc3sc(/C=C/c4cccnc4)nn23)n(C)n1. The largest absolute Gasteiger partial charge is 0.264 e. The lowest BCUT2D eigenvalue weighted by Crippen LogP contribution is -1.99. The summed E-state index contributed by atoms with van der Waals surface area (Å²) in [6.45, 7) is 4.37. The summed E-state index contributed by atoms with van der Waals surface area (Å²) in [6.07, 6.45) is 8.46. The standard InChI is InChI=1S/C18H19N7S/c1-12(2)9-14-10-15(24(3)22-14)17-20-21-18-25(17)23-16(26-18)7-6-13-5-4-8-19-11-13/h4-8,10-12H,9H2,1-3H3/b7-6+. The van der Waals surface area contributed by atoms with Crippen LogP contribution in [0.15, 0.2) is 30.6 Å². The second-order valence-corrected chi connectivity index (χ2v) is 7.51. The second-order valence-electron chi connectivity index (χ2n) is 6.52. The van der Waals surface area contributed by atoms with Crippen molar-refractivity contribution < 1.29 is 0 Å². The third-order valence-corrected chi connectivity index (χ3v) is 4.75. The maximum atomic E-state index is 4.64. The molecule has 132 valence electrons. The lowest BCUT2D eigenvalue weighted by molar-refractivity contribution is 0.621. The minimum absolute atomic E-state index is 0.555. The molecule has 0 aliphatic carbocycles. The Hall–Kier alpha value is -2.87. The summed E-state index contributed by atoms with van der Waals surface area (Å²) in [4.78, 5) is 4.87. The van der Waals surface area contributed by atoms with Crippen LogP contribution in [0.4, 0.5) is 0 Å². The summed E-state index contributed by atoms with van der Waals surface area (Å²) < 4.78 is 3.63. The van der Waals surface area contributed by atoms with Crippen LogP contribution in [0.25, 0.3) is 28.6 Å². The van der Waals surface area contributed by atoms with E-state index < -0.39 is 0 Å². The van der Waals surface area contributed by atoms with Gasteiger partial charge in [0.05, 0.1) is 5.69 Å². The van der Waals surface area contributed by atoms with E-state index in [1.54, 1.807) is 10.7 Å². The van der Waals surface area contributed by atoms with Gasteiger partial charge < -0.3 is 0 Å². The summed E-state index contributed by atoms with van der Waals surface area (Å²) in [5.74, 6) is 1.27. The van der Waals surface area contributed by atoms with Crippen LogP contribution < -0.4 is 0 Å². The summed E-state index contributed by atoms with van der Waals surface area (Å²) in [5.41, 5.74) is 3.01. The number of hydrogen-bond acceptors (Lipinski definition) is 6. The lowest BCUT2D eigenvalue weighted by Gasteiger charge is -1.98. The second kappa shape index (κ2) is 6.80. The molecule has 4 aromatic rings. The van der Waals surface area contributed by atoms with Gasteiger partial charge in [-0.25, -0.2) is 0 Å². The Morgan fingerprint density at radius 3 is 2.85 bits per heavy atom. The third kappa shape index (κ3) is 3.28. The third-order valence-electron chi connectivity index (χ3n) is 3.89. The average Bonchev–Trinajstić information content (AvgIpc) is 3.27. The van der Waals surface area contributed by atoms with Crippen LogP contribution in [-0.2, 0) is 13.5 Å². The van der Waals surface area contributed by atoms with Gasteiger partial charge in [0, 0.05) is 19.4 Å². The lowest BCUT2D eigenvalue weighted by atomic mass is 10.1. The fourth-order valence-corrected chi connectivity index (χ4v) is 3.50. The molecule has 0 saturated heterocycles. The quantitative estimate of drug-likeness (QED) is 0.542. The molecule has 0 saturated carbocycles. The van der Waals surface area contributed by atoms with Crippen LogP contribution in [0, 0.1) is 5.92 Å². The minimum Gasteiger partial charge on any atom is -0.264 e. The van der Waals surface area contributed by atoms with Crippen LogP contribution in [0.5, 0.6) is 0 Å². The van der Waals surface area contributed by atoms with Crippen LogP contribution in [0.2, 0.25) is 0 Å². The molecule has 0 unspecified atom stereocenters. The summed E-state index contributed by atoms with van der Waals surface area (Å²) in [6, 6.07) is 5.98. The van der Waals surface area contributed by atoms with Crippen molar-refractivity contribution in [3.8, 4) is 11.5 Å². The van der Waals surface area contributed by atoms with E-state index in [1.807, 2.05) is 42.2 Å². The van der Waals surface area contributed by atoms with E-state index >= 15 is 0 Å². The number of aryl methyl sites for hydroxylation is 1. The molecule has 0 N–H and O–H groups in total. The van der Waals surface area contributed by atoms with Crippen molar-refractivity contribution in [3.63, 3.8) is 0 Å². The predicted octanol–water partition coefficient (Wildman–Crippen LogP) is 3.35. The average molecular weight is 365 g/mol. The van der Waals surface area contributed by atoms with Crippen LogP contribution in [0.3, 0.4) is 0 Å². The van der Waals surface area contributed by atoms with Crippen molar-refractivity contribution >= 4 is 28.4 Å². The fourth-order valence-electron chi connectivity index (χ4n) is 2.75. The molecule has 0 aliphatic heterocycles. The molecular weight excluding hydrogens is 346 g/mol. The molecule has 0 aromatic carbocycles. The Morgan fingerprint density at radius 2 is 2.08 bits per heavy atom. The zero-order chi connectivity index (χ0) is 18.1. The maximum absolute atomic E-state index is 4.64. The first-order valence-electron chi connectivity index (χ1n) is 8.44. The van der Waals surface area contributed by atoms with Crippen molar-refractivity contribution in [3.05, 3.63) is 46.9 Å². The topological polar surface area (TPSA) is 73.8 Å². The Bertz CT molecular complexity index is 1060. The Balaban J connectivity index is 1.66. The van der Waals surface area contributed by atoms with E-state index in [0.29, 0.717) is 11.7 Å². The number of hydrogen-bond donors (Lipinski definition) is 0. The minimum atomic E-state index is 0.555. The highest BCUT2D eigenvalue weighted by Crippen LogP contribution is 2.23. The van der Waals surface area contributed by atoms with Gasteiger partial charge in [-0.15, -0.1) is 10.2 Å². The first-order chi connectivity index (χ1) is 12.6. The molecule has 4 heterocycles. The number of nitrogens with zero attached hydrogens (tertiary/aromatic N) is 7. The van der Waals surface area contributed by atoms with E-state index in [4.69, 9.17) is 0 Å². The monoisotopic (exact) mass is 365 g/mol. The molecular formula is C18H19N7S. The Morgan fingerprint density at radius 1 is 1.19 bits per heavy atom. The summed E-state index contributed by atoms with van der Waals surface area (Å²) in [7, 11) is 1.93. The van der Waals surface area contributed by atoms with Crippen molar-refractivity contribution in [1.29, 1.82) is 0 Å². The van der Waals surface area contributed by atoms with Crippen molar-refractivity contribution in [2.75, 3.05) is 0 Å². The number of pyridine rings is 1. The van der Waals surface area contributed by atoms with E-state index in [2.05, 4.69) is 45.3 Å². The highest BCUT2D eigenvalue weighted by atomic mass is 32.1. The predicted molar refractivity (Wildman–Crippen MR) is 103 cm³/mol. The molecule has 0 atom stereocenters. The van der Waals surface area contributed by atoms with E-state index in [1.165, 1.54) is 11.3 Å².